The molecule has 1 unspecified atom stereocenters. The zero-order valence-electron chi connectivity index (χ0n) is 12.7. The topological polar surface area (TPSA) is 62.6 Å². The Hall–Kier alpha value is -1.62. The second-order valence-corrected chi connectivity index (χ2v) is 5.98. The molecule has 5 heteroatoms. The Labute approximate surface area is 124 Å². The lowest BCUT2D eigenvalue weighted by molar-refractivity contribution is 0.0701. The van der Waals surface area contributed by atoms with Gasteiger partial charge in [-0.2, -0.15) is 0 Å². The van der Waals surface area contributed by atoms with Crippen molar-refractivity contribution in [1.29, 1.82) is 0 Å². The lowest BCUT2D eigenvalue weighted by Crippen LogP contribution is -2.40. The van der Waals surface area contributed by atoms with Gasteiger partial charge < -0.3 is 14.6 Å². The third kappa shape index (κ3) is 2.39. The molecule has 1 amide bonds. The second-order valence-electron chi connectivity index (χ2n) is 5.98. The number of nitrogens with one attached hydrogen (secondary N) is 1. The Morgan fingerprint density at radius 3 is 2.90 bits per heavy atom. The summed E-state index contributed by atoms with van der Waals surface area (Å²) in [6.07, 6.45) is 4.18. The molecule has 0 aromatic carbocycles. The number of fused-ring (bicyclic) bond motifs is 1. The standard InChI is InChI=1S/C16H22N2O3/c1-10-14-12(19)6-3-7-13(14)21-15(10)16(20)18-8-4-5-11(18)9-17-2/h11,17H,3-9H2,1-2H3. The highest BCUT2D eigenvalue weighted by Gasteiger charge is 2.34. The highest BCUT2D eigenvalue weighted by atomic mass is 16.4. The maximum atomic E-state index is 12.8. The van der Waals surface area contributed by atoms with E-state index in [-0.39, 0.29) is 17.7 Å². The van der Waals surface area contributed by atoms with Gasteiger partial charge in [-0.15, -0.1) is 0 Å². The van der Waals surface area contributed by atoms with Crippen LogP contribution in [-0.2, 0) is 6.42 Å². The number of nitrogens with zero attached hydrogens (tertiary/aromatic N) is 1. The van der Waals surface area contributed by atoms with E-state index in [0.717, 1.165) is 44.3 Å². The van der Waals surface area contributed by atoms with Gasteiger partial charge in [-0.3, -0.25) is 9.59 Å². The third-order valence-corrected chi connectivity index (χ3v) is 4.58. The number of aryl methyl sites for hydroxylation is 1. The molecule has 1 aromatic heterocycles. The van der Waals surface area contributed by atoms with E-state index in [1.807, 2.05) is 18.9 Å². The van der Waals surface area contributed by atoms with E-state index in [1.165, 1.54) is 0 Å². The molecule has 1 fully saturated rings. The summed E-state index contributed by atoms with van der Waals surface area (Å²) in [6.45, 7) is 3.40. The first-order valence-electron chi connectivity index (χ1n) is 7.74. The van der Waals surface area contributed by atoms with E-state index in [9.17, 15) is 9.59 Å². The number of Topliss-reactive ketones (excluding diaryl/α,β-unsaturated/α-hetero) is 1. The molecule has 0 bridgehead atoms. The van der Waals surface area contributed by atoms with Crippen LogP contribution in [0.1, 0.15) is 57.9 Å². The fourth-order valence-electron chi connectivity index (χ4n) is 3.53. The first-order chi connectivity index (χ1) is 10.1. The number of carbonyl (C=O) groups excluding carboxylic acids is 2. The minimum absolute atomic E-state index is 0.0625. The quantitative estimate of drug-likeness (QED) is 0.924. The van der Waals surface area contributed by atoms with E-state index >= 15 is 0 Å². The van der Waals surface area contributed by atoms with E-state index in [1.54, 1.807) is 0 Å². The molecule has 0 saturated carbocycles. The maximum Gasteiger partial charge on any atom is 0.290 e. The van der Waals surface area contributed by atoms with Crippen molar-refractivity contribution in [2.45, 2.75) is 45.1 Å². The van der Waals surface area contributed by atoms with Gasteiger partial charge in [0, 0.05) is 37.5 Å². The van der Waals surface area contributed by atoms with Gasteiger partial charge in [0.25, 0.3) is 5.91 Å². The number of hydrogen-bond acceptors (Lipinski definition) is 4. The van der Waals surface area contributed by atoms with Crippen LogP contribution in [-0.4, -0.2) is 42.8 Å². The van der Waals surface area contributed by atoms with E-state index in [4.69, 9.17) is 4.42 Å². The van der Waals surface area contributed by atoms with Gasteiger partial charge in [-0.1, -0.05) is 0 Å². The van der Waals surface area contributed by atoms with Gasteiger partial charge in [-0.25, -0.2) is 0 Å². The molecule has 0 spiro atoms. The minimum atomic E-state index is -0.0625. The summed E-state index contributed by atoms with van der Waals surface area (Å²) in [5.74, 6) is 1.13. The number of rotatable bonds is 3. The van der Waals surface area contributed by atoms with Gasteiger partial charge in [0.15, 0.2) is 11.5 Å². The molecular formula is C16H22N2O3. The first kappa shape index (κ1) is 14.3. The fourth-order valence-corrected chi connectivity index (χ4v) is 3.53. The normalized spacial score (nSPS) is 21.7. The maximum absolute atomic E-state index is 12.8. The Morgan fingerprint density at radius 2 is 2.19 bits per heavy atom. The summed E-state index contributed by atoms with van der Waals surface area (Å²) in [4.78, 5) is 26.7. The molecular weight excluding hydrogens is 268 g/mol. The van der Waals surface area contributed by atoms with Crippen LogP contribution in [0.5, 0.6) is 0 Å². The van der Waals surface area contributed by atoms with Crippen molar-refractivity contribution in [1.82, 2.24) is 10.2 Å². The van der Waals surface area contributed by atoms with Crippen LogP contribution in [0, 0.1) is 6.92 Å². The summed E-state index contributed by atoms with van der Waals surface area (Å²) in [5, 5.41) is 3.14. The van der Waals surface area contributed by atoms with Gasteiger partial charge in [0.2, 0.25) is 0 Å². The molecule has 5 nitrogen and oxygen atoms in total. The van der Waals surface area contributed by atoms with Crippen LogP contribution < -0.4 is 5.32 Å². The molecule has 3 rings (SSSR count). The van der Waals surface area contributed by atoms with Crippen molar-refractivity contribution in [3.05, 3.63) is 22.6 Å². The van der Waals surface area contributed by atoms with Crippen LogP contribution in [0.4, 0.5) is 0 Å². The van der Waals surface area contributed by atoms with Gasteiger partial charge in [0.1, 0.15) is 5.76 Å². The molecule has 114 valence electrons. The number of ketones is 1. The predicted octanol–water partition coefficient (Wildman–Crippen LogP) is 1.93. The van der Waals surface area contributed by atoms with Gasteiger partial charge in [-0.05, 0) is 33.2 Å². The molecule has 2 heterocycles. The van der Waals surface area contributed by atoms with Crippen molar-refractivity contribution in [3.8, 4) is 0 Å². The van der Waals surface area contributed by atoms with E-state index in [2.05, 4.69) is 5.32 Å². The molecule has 1 saturated heterocycles. The van der Waals surface area contributed by atoms with Gasteiger partial charge >= 0.3 is 0 Å². The summed E-state index contributed by atoms with van der Waals surface area (Å²) >= 11 is 0. The number of likely N-dealkylation sites (tertiary alicyclic amines) is 1. The highest BCUT2D eigenvalue weighted by molar-refractivity contribution is 6.03. The number of hydrogen-bond donors (Lipinski definition) is 1. The summed E-state index contributed by atoms with van der Waals surface area (Å²) in [6, 6.07) is 0.222. The minimum Gasteiger partial charge on any atom is -0.455 e. The van der Waals surface area contributed by atoms with Crippen LogP contribution in [0.15, 0.2) is 4.42 Å². The SMILES string of the molecule is CNCC1CCCN1C(=O)c1oc2c(c1C)C(=O)CCC2. The van der Waals surface area contributed by atoms with Crippen LogP contribution in [0.25, 0.3) is 0 Å². The molecule has 1 aromatic rings. The number of amides is 1. The number of carbonyl (C=O) groups is 2. The summed E-state index contributed by atoms with van der Waals surface area (Å²) < 4.78 is 5.78. The second kappa shape index (κ2) is 5.64. The molecule has 1 N–H and O–H groups in total. The van der Waals surface area contributed by atoms with Crippen molar-refractivity contribution in [2.24, 2.45) is 0 Å². The van der Waals surface area contributed by atoms with Crippen molar-refractivity contribution in [3.63, 3.8) is 0 Å². The van der Waals surface area contributed by atoms with E-state index < -0.39 is 0 Å². The number of likely N-dealkylation sites (N-methyl/N-ethyl adjacent to an activating group) is 1. The lowest BCUT2D eigenvalue weighted by Gasteiger charge is -2.23. The van der Waals surface area contributed by atoms with Crippen LogP contribution in [0.3, 0.4) is 0 Å². The lowest BCUT2D eigenvalue weighted by atomic mass is 9.94. The Balaban J connectivity index is 1.90. The molecule has 1 aliphatic carbocycles. The van der Waals surface area contributed by atoms with Gasteiger partial charge in [0.05, 0.1) is 5.56 Å². The molecule has 21 heavy (non-hydrogen) atoms. The molecule has 2 aliphatic rings. The zero-order chi connectivity index (χ0) is 15.0. The van der Waals surface area contributed by atoms with Crippen molar-refractivity contribution in [2.75, 3.05) is 20.1 Å². The van der Waals surface area contributed by atoms with E-state index in [0.29, 0.717) is 23.5 Å². The fraction of sp³-hybridized carbons (Fsp3) is 0.625. The monoisotopic (exact) mass is 290 g/mol. The summed E-state index contributed by atoms with van der Waals surface area (Å²) in [7, 11) is 1.90. The zero-order valence-corrected chi connectivity index (χ0v) is 12.7. The van der Waals surface area contributed by atoms with Crippen LogP contribution >= 0.6 is 0 Å². The third-order valence-electron chi connectivity index (χ3n) is 4.58. The van der Waals surface area contributed by atoms with Crippen LogP contribution in [0.2, 0.25) is 0 Å². The molecule has 0 radical (unpaired) electrons. The number of furan rings is 1. The Bertz CT molecular complexity index is 576. The predicted molar refractivity (Wildman–Crippen MR) is 78.7 cm³/mol. The Morgan fingerprint density at radius 1 is 1.38 bits per heavy atom. The average Bonchev–Trinajstić information content (AvgIpc) is 3.04. The smallest absolute Gasteiger partial charge is 0.290 e. The molecule has 1 aliphatic heterocycles. The highest BCUT2D eigenvalue weighted by Crippen LogP contribution is 2.31. The largest absolute Gasteiger partial charge is 0.455 e. The van der Waals surface area contributed by atoms with Crippen molar-refractivity contribution < 1.29 is 14.0 Å². The average molecular weight is 290 g/mol. The Kier molecular flexibility index (Phi) is 3.85. The first-order valence-corrected chi connectivity index (χ1v) is 7.74. The summed E-state index contributed by atoms with van der Waals surface area (Å²) in [5.41, 5.74) is 1.39. The van der Waals surface area contributed by atoms with Crippen molar-refractivity contribution >= 4 is 11.7 Å². The molecule has 1 atom stereocenters.